The number of benzene rings is 4. The van der Waals surface area contributed by atoms with E-state index in [2.05, 4.69) is 15.9 Å². The van der Waals surface area contributed by atoms with Crippen molar-refractivity contribution < 1.29 is 23.8 Å². The van der Waals surface area contributed by atoms with Crippen LogP contribution in [0.2, 0.25) is 5.02 Å². The van der Waals surface area contributed by atoms with Gasteiger partial charge in [0.2, 0.25) is 0 Å². The van der Waals surface area contributed by atoms with Gasteiger partial charge in [0.1, 0.15) is 19.0 Å². The molecule has 0 aliphatic carbocycles. The molecule has 9 heteroatoms. The molecule has 0 bridgehead atoms. The molecular weight excluding hydrogens is 614 g/mol. The third kappa shape index (κ3) is 6.46. The maximum atomic E-state index is 13.1. The van der Waals surface area contributed by atoms with Gasteiger partial charge in [-0.3, -0.25) is 14.5 Å². The van der Waals surface area contributed by atoms with Crippen molar-refractivity contribution in [2.45, 2.75) is 13.5 Å². The van der Waals surface area contributed by atoms with E-state index in [0.717, 1.165) is 28.1 Å². The van der Waals surface area contributed by atoms with Crippen LogP contribution in [0, 0.1) is 0 Å². The number of rotatable bonds is 10. The number of hydrogen-bond acceptors (Lipinski definition) is 6. The van der Waals surface area contributed by atoms with E-state index in [1.807, 2.05) is 79.7 Å². The van der Waals surface area contributed by atoms with Gasteiger partial charge in [0, 0.05) is 10.4 Å². The lowest BCUT2D eigenvalue weighted by molar-refractivity contribution is -0.123. The van der Waals surface area contributed by atoms with Crippen LogP contribution in [0.15, 0.2) is 88.2 Å². The number of thioether (sulfide) groups is 1. The fraction of sp³-hybridized carbons (Fsp3) is 0.161. The third-order valence-corrected chi connectivity index (χ3v) is 7.87. The molecule has 1 aliphatic rings. The van der Waals surface area contributed by atoms with Crippen LogP contribution in [0.4, 0.5) is 4.79 Å². The van der Waals surface area contributed by atoms with Crippen LogP contribution in [0.5, 0.6) is 17.2 Å². The Morgan fingerprint density at radius 3 is 2.50 bits per heavy atom. The molecular formula is C31H25BrClNO5S. The van der Waals surface area contributed by atoms with E-state index in [-0.39, 0.29) is 24.3 Å². The molecule has 0 unspecified atom stereocenters. The van der Waals surface area contributed by atoms with Gasteiger partial charge in [-0.25, -0.2) is 0 Å². The summed E-state index contributed by atoms with van der Waals surface area (Å²) in [4.78, 5) is 27.3. The normalized spacial score (nSPS) is 14.3. The quantitative estimate of drug-likeness (QED) is 0.163. The van der Waals surface area contributed by atoms with Crippen molar-refractivity contribution >= 4 is 67.3 Å². The molecule has 0 saturated carbocycles. The van der Waals surface area contributed by atoms with Crippen LogP contribution in [-0.4, -0.2) is 35.8 Å². The number of nitrogens with zero attached hydrogens (tertiary/aromatic N) is 1. The van der Waals surface area contributed by atoms with Gasteiger partial charge in [-0.05, 0) is 87.5 Å². The lowest BCUT2D eigenvalue weighted by atomic mass is 10.1. The van der Waals surface area contributed by atoms with Gasteiger partial charge in [-0.1, -0.05) is 60.1 Å². The molecule has 6 nitrogen and oxygen atoms in total. The van der Waals surface area contributed by atoms with Gasteiger partial charge in [-0.2, -0.15) is 0 Å². The fourth-order valence-corrected chi connectivity index (χ4v) is 5.79. The van der Waals surface area contributed by atoms with E-state index in [0.29, 0.717) is 50.4 Å². The zero-order chi connectivity index (χ0) is 28.1. The predicted molar refractivity (Wildman–Crippen MR) is 163 cm³/mol. The lowest BCUT2D eigenvalue weighted by Gasteiger charge is -2.15. The number of carbonyl (C=O) groups excluding carboxylic acids is 2. The molecule has 0 spiro atoms. The largest absolute Gasteiger partial charge is 0.491 e. The number of imide groups is 1. The first-order valence-corrected chi connectivity index (χ1v) is 14.6. The number of ether oxygens (including phenoxy) is 3. The smallest absolute Gasteiger partial charge is 0.293 e. The van der Waals surface area contributed by atoms with Crippen LogP contribution < -0.4 is 14.2 Å². The molecule has 1 aliphatic heterocycles. The highest BCUT2D eigenvalue weighted by atomic mass is 79.9. The summed E-state index contributed by atoms with van der Waals surface area (Å²) in [5.41, 5.74) is 1.66. The average molecular weight is 639 g/mol. The van der Waals surface area contributed by atoms with Gasteiger partial charge in [0.05, 0.1) is 22.5 Å². The van der Waals surface area contributed by atoms with Gasteiger partial charge in [-0.15, -0.1) is 0 Å². The van der Waals surface area contributed by atoms with E-state index in [9.17, 15) is 9.59 Å². The number of halogens is 2. The highest BCUT2D eigenvalue weighted by Gasteiger charge is 2.35. The highest BCUT2D eigenvalue weighted by molar-refractivity contribution is 9.10. The highest BCUT2D eigenvalue weighted by Crippen LogP contribution is 2.40. The summed E-state index contributed by atoms with van der Waals surface area (Å²) in [7, 11) is 0. The second kappa shape index (κ2) is 12.8. The maximum Gasteiger partial charge on any atom is 0.293 e. The topological polar surface area (TPSA) is 65.1 Å². The number of carbonyl (C=O) groups is 2. The van der Waals surface area contributed by atoms with Crippen molar-refractivity contribution in [3.8, 4) is 17.2 Å². The van der Waals surface area contributed by atoms with Gasteiger partial charge >= 0.3 is 0 Å². The Labute approximate surface area is 250 Å². The van der Waals surface area contributed by atoms with E-state index >= 15 is 0 Å². The first-order valence-electron chi connectivity index (χ1n) is 12.6. The summed E-state index contributed by atoms with van der Waals surface area (Å²) in [5, 5.41) is 2.37. The molecule has 1 fully saturated rings. The van der Waals surface area contributed by atoms with E-state index < -0.39 is 0 Å². The van der Waals surface area contributed by atoms with Gasteiger partial charge in [0.25, 0.3) is 11.1 Å². The second-order valence-corrected chi connectivity index (χ2v) is 11.1. The standard InChI is InChI=1S/C31H25BrClNO5S/c1-2-37-27-17-21(16-25(32)29(27)39-19-20-10-12-23(33)13-11-20)18-28-30(35)34(31(36)40-28)14-15-38-26-9-5-7-22-6-3-4-8-24(22)26/h3-13,16-18H,2,14-15,19H2,1H3/b28-18-. The Morgan fingerprint density at radius 1 is 0.925 bits per heavy atom. The van der Waals surface area contributed by atoms with Crippen LogP contribution in [0.3, 0.4) is 0 Å². The summed E-state index contributed by atoms with van der Waals surface area (Å²) in [6.45, 7) is 2.99. The second-order valence-electron chi connectivity index (χ2n) is 8.84. The van der Waals surface area contributed by atoms with Crippen molar-refractivity contribution in [3.63, 3.8) is 0 Å². The summed E-state index contributed by atoms with van der Waals surface area (Å²) in [6, 6.07) is 24.8. The fourth-order valence-electron chi connectivity index (χ4n) is 4.22. The van der Waals surface area contributed by atoms with Crippen molar-refractivity contribution in [2.75, 3.05) is 19.8 Å². The first kappa shape index (κ1) is 28.1. The maximum absolute atomic E-state index is 13.1. The zero-order valence-electron chi connectivity index (χ0n) is 21.6. The summed E-state index contributed by atoms with van der Waals surface area (Å²) in [5.74, 6) is 1.44. The molecule has 4 aromatic rings. The van der Waals surface area contributed by atoms with Crippen molar-refractivity contribution in [2.24, 2.45) is 0 Å². The zero-order valence-corrected chi connectivity index (χ0v) is 24.7. The van der Waals surface area contributed by atoms with E-state index in [1.165, 1.54) is 4.90 Å². The molecule has 0 N–H and O–H groups in total. The molecule has 204 valence electrons. The number of amides is 2. The van der Waals surface area contributed by atoms with Crippen LogP contribution in [0.25, 0.3) is 16.8 Å². The number of hydrogen-bond donors (Lipinski definition) is 0. The van der Waals surface area contributed by atoms with Gasteiger partial charge in [0.15, 0.2) is 11.5 Å². The molecule has 0 aromatic heterocycles. The molecule has 40 heavy (non-hydrogen) atoms. The SMILES string of the molecule is CCOc1cc(/C=C2\SC(=O)N(CCOc3cccc4ccccc34)C2=O)cc(Br)c1OCc1ccc(Cl)cc1. The summed E-state index contributed by atoms with van der Waals surface area (Å²) in [6.07, 6.45) is 1.69. The van der Waals surface area contributed by atoms with E-state index in [1.54, 1.807) is 12.1 Å². The van der Waals surface area contributed by atoms with Crippen molar-refractivity contribution in [3.05, 3.63) is 104 Å². The minimum atomic E-state index is -0.353. The third-order valence-electron chi connectivity index (χ3n) is 6.12. The molecule has 1 heterocycles. The summed E-state index contributed by atoms with van der Waals surface area (Å²) < 4.78 is 18.5. The first-order chi connectivity index (χ1) is 19.4. The van der Waals surface area contributed by atoms with Crippen LogP contribution >= 0.6 is 39.3 Å². The average Bonchev–Trinajstić information content (AvgIpc) is 3.21. The van der Waals surface area contributed by atoms with Gasteiger partial charge < -0.3 is 14.2 Å². The Morgan fingerprint density at radius 2 is 1.70 bits per heavy atom. The monoisotopic (exact) mass is 637 g/mol. The van der Waals surface area contributed by atoms with E-state index in [4.69, 9.17) is 25.8 Å². The predicted octanol–water partition coefficient (Wildman–Crippen LogP) is 8.35. The molecule has 0 atom stereocenters. The van der Waals surface area contributed by atoms with Crippen molar-refractivity contribution in [1.29, 1.82) is 0 Å². The molecule has 5 rings (SSSR count). The Balaban J connectivity index is 1.27. The molecule has 4 aromatic carbocycles. The minimum Gasteiger partial charge on any atom is -0.491 e. The van der Waals surface area contributed by atoms with Crippen LogP contribution in [-0.2, 0) is 11.4 Å². The Kier molecular flexibility index (Phi) is 8.99. The Hall–Kier alpha value is -3.46. The number of fused-ring (bicyclic) bond motifs is 1. The lowest BCUT2D eigenvalue weighted by Crippen LogP contribution is -2.32. The minimum absolute atomic E-state index is 0.149. The van der Waals surface area contributed by atoms with Crippen LogP contribution in [0.1, 0.15) is 18.1 Å². The molecule has 1 saturated heterocycles. The van der Waals surface area contributed by atoms with Crippen molar-refractivity contribution in [1.82, 2.24) is 4.90 Å². The Bertz CT molecular complexity index is 1590. The molecule has 0 radical (unpaired) electrons. The summed E-state index contributed by atoms with van der Waals surface area (Å²) >= 11 is 10.5. The molecule has 2 amide bonds.